The summed E-state index contributed by atoms with van der Waals surface area (Å²) in [4.78, 5) is 3.70. The highest BCUT2D eigenvalue weighted by Gasteiger charge is 2.30. The molecule has 0 radical (unpaired) electrons. The van der Waals surface area contributed by atoms with Crippen LogP contribution in [-0.4, -0.2) is 41.9 Å². The molecule has 1 aliphatic rings. The topological polar surface area (TPSA) is 115 Å². The van der Waals surface area contributed by atoms with E-state index < -0.39 is 44.2 Å². The van der Waals surface area contributed by atoms with Gasteiger partial charge in [0.1, 0.15) is 40.0 Å². The van der Waals surface area contributed by atoms with Gasteiger partial charge in [-0.05, 0) is 76.1 Å². The molecule has 0 amide bonds. The third kappa shape index (κ3) is 6.19. The van der Waals surface area contributed by atoms with E-state index in [0.717, 1.165) is 49.4 Å². The molecule has 0 bridgehead atoms. The van der Waals surface area contributed by atoms with Crippen LogP contribution in [0.3, 0.4) is 0 Å². The number of benzene rings is 2. The van der Waals surface area contributed by atoms with Gasteiger partial charge < -0.3 is 11.1 Å². The molecule has 0 unspecified atom stereocenters. The average Bonchev–Trinajstić information content (AvgIpc) is 3.36. The number of alkyl halides is 1. The summed E-state index contributed by atoms with van der Waals surface area (Å²) in [5, 5.41) is 8.29. The normalized spacial score (nSPS) is 18.3. The molecule has 0 saturated heterocycles. The zero-order chi connectivity index (χ0) is 31.1. The highest BCUT2D eigenvalue weighted by molar-refractivity contribution is 7.92. The minimum Gasteiger partial charge on any atom is -0.383 e. The Morgan fingerprint density at radius 2 is 1.72 bits per heavy atom. The Morgan fingerprint density at radius 3 is 2.37 bits per heavy atom. The van der Waals surface area contributed by atoms with Crippen molar-refractivity contribution >= 4 is 32.4 Å². The Morgan fingerprint density at radius 1 is 1.02 bits per heavy atom. The summed E-state index contributed by atoms with van der Waals surface area (Å²) in [5.74, 6) is -2.87. The van der Waals surface area contributed by atoms with Gasteiger partial charge in [-0.15, -0.1) is 0 Å². The molecule has 2 aromatic carbocycles. The van der Waals surface area contributed by atoms with Crippen molar-refractivity contribution in [3.8, 4) is 11.3 Å². The molecule has 0 spiro atoms. The Labute approximate surface area is 247 Å². The molecule has 1 aliphatic carbocycles. The van der Waals surface area contributed by atoms with E-state index >= 15 is 8.78 Å². The fraction of sp³-hybridized carbons (Fsp3) is 0.400. The largest absolute Gasteiger partial charge is 0.383 e. The maximum Gasteiger partial charge on any atom is 0.264 e. The molecule has 230 valence electrons. The molecule has 4 aromatic rings. The van der Waals surface area contributed by atoms with Crippen molar-refractivity contribution in [1.82, 2.24) is 20.1 Å². The number of sulfonamides is 1. The van der Waals surface area contributed by atoms with Crippen LogP contribution >= 0.6 is 0 Å². The Kier molecular flexibility index (Phi) is 8.66. The van der Waals surface area contributed by atoms with Crippen LogP contribution in [0.15, 0.2) is 47.5 Å². The van der Waals surface area contributed by atoms with Gasteiger partial charge >= 0.3 is 0 Å². The fourth-order valence-electron chi connectivity index (χ4n) is 5.69. The summed E-state index contributed by atoms with van der Waals surface area (Å²) >= 11 is 0. The molecular weight excluding hydrogens is 584 g/mol. The second-order valence-corrected chi connectivity index (χ2v) is 12.9. The maximum absolute atomic E-state index is 15.7. The second kappa shape index (κ2) is 12.1. The van der Waals surface area contributed by atoms with E-state index in [0.29, 0.717) is 23.5 Å². The van der Waals surface area contributed by atoms with Crippen LogP contribution in [0.1, 0.15) is 64.0 Å². The SMILES string of the molecule is CC(C)n1nc(-c2cc(F)c(NS(=O)(=O)c3ccccc3F)cc2F)c2c(N)ncc(C3CCC(NC[C@H](C)F)CC3)c21. The van der Waals surface area contributed by atoms with Crippen LogP contribution in [0, 0.1) is 17.5 Å². The van der Waals surface area contributed by atoms with Gasteiger partial charge in [-0.25, -0.2) is 31.0 Å². The number of hydrogen-bond donors (Lipinski definition) is 3. The number of pyridine rings is 1. The first-order valence-corrected chi connectivity index (χ1v) is 15.7. The van der Waals surface area contributed by atoms with Crippen molar-refractivity contribution in [3.63, 3.8) is 0 Å². The third-order valence-corrected chi connectivity index (χ3v) is 9.21. The predicted molar refractivity (Wildman–Crippen MR) is 158 cm³/mol. The Bertz CT molecular complexity index is 1750. The van der Waals surface area contributed by atoms with Crippen molar-refractivity contribution in [2.75, 3.05) is 17.0 Å². The van der Waals surface area contributed by atoms with E-state index in [2.05, 4.69) is 15.4 Å². The lowest BCUT2D eigenvalue weighted by Gasteiger charge is -2.30. The Hall–Kier alpha value is -3.71. The standard InChI is InChI=1S/C30H34F4N6O2S/c1-16(2)40-29-21(18-8-10-19(11-9-18)36-14-17(3)31)15-37-30(35)27(29)28(38-40)20-12-24(34)25(13-23(20)33)39-43(41,42)26-7-5-4-6-22(26)32/h4-7,12-13,15-19,36,39H,8-11,14H2,1-3H3,(H2,35,37)/t17-,18?,19?/m0/s1. The second-order valence-electron chi connectivity index (χ2n) is 11.3. The third-order valence-electron chi connectivity index (χ3n) is 7.81. The summed E-state index contributed by atoms with van der Waals surface area (Å²) in [7, 11) is -4.54. The van der Waals surface area contributed by atoms with Crippen LogP contribution in [0.4, 0.5) is 29.1 Å². The average molecular weight is 619 g/mol. The van der Waals surface area contributed by atoms with Crippen molar-refractivity contribution in [3.05, 3.63) is 65.6 Å². The summed E-state index contributed by atoms with van der Waals surface area (Å²) in [6.45, 7) is 5.64. The minimum atomic E-state index is -4.54. The van der Waals surface area contributed by atoms with Crippen LogP contribution < -0.4 is 15.8 Å². The lowest BCUT2D eigenvalue weighted by atomic mass is 9.81. The monoisotopic (exact) mass is 618 g/mol. The quantitative estimate of drug-likeness (QED) is 0.186. The molecule has 1 fully saturated rings. The number of nitrogen functional groups attached to an aromatic ring is 1. The summed E-state index contributed by atoms with van der Waals surface area (Å²) in [6, 6.07) is 6.19. The van der Waals surface area contributed by atoms with Crippen molar-refractivity contribution in [2.45, 2.75) is 75.5 Å². The van der Waals surface area contributed by atoms with Crippen LogP contribution in [0.5, 0.6) is 0 Å². The lowest BCUT2D eigenvalue weighted by molar-refractivity contribution is 0.290. The van der Waals surface area contributed by atoms with E-state index in [1.807, 2.05) is 18.6 Å². The summed E-state index contributed by atoms with van der Waals surface area (Å²) in [6.07, 6.45) is 4.10. The number of nitrogens with one attached hydrogen (secondary N) is 2. The zero-order valence-electron chi connectivity index (χ0n) is 24.0. The van der Waals surface area contributed by atoms with Gasteiger partial charge in [-0.1, -0.05) is 12.1 Å². The van der Waals surface area contributed by atoms with Crippen molar-refractivity contribution in [1.29, 1.82) is 0 Å². The minimum absolute atomic E-state index is 0.0720. The number of halogens is 4. The van der Waals surface area contributed by atoms with Gasteiger partial charge in [0.15, 0.2) is 0 Å². The van der Waals surface area contributed by atoms with E-state index in [1.165, 1.54) is 19.1 Å². The molecule has 4 N–H and O–H groups in total. The number of anilines is 2. The predicted octanol–water partition coefficient (Wildman–Crippen LogP) is 6.45. The maximum atomic E-state index is 15.7. The number of fused-ring (bicyclic) bond motifs is 1. The van der Waals surface area contributed by atoms with E-state index in [9.17, 15) is 17.2 Å². The molecule has 8 nitrogen and oxygen atoms in total. The molecular formula is C30H34F4N6O2S. The smallest absolute Gasteiger partial charge is 0.264 e. The number of hydrogen-bond acceptors (Lipinski definition) is 6. The van der Waals surface area contributed by atoms with Crippen molar-refractivity contribution < 1.29 is 26.0 Å². The van der Waals surface area contributed by atoms with E-state index in [4.69, 9.17) is 5.73 Å². The molecule has 5 rings (SSSR count). The number of nitrogens with zero attached hydrogens (tertiary/aromatic N) is 3. The van der Waals surface area contributed by atoms with E-state index in [-0.39, 0.29) is 35.1 Å². The molecule has 2 aromatic heterocycles. The first-order chi connectivity index (χ1) is 20.4. The van der Waals surface area contributed by atoms with E-state index in [1.54, 1.807) is 10.9 Å². The van der Waals surface area contributed by atoms with Crippen molar-refractivity contribution in [2.24, 2.45) is 0 Å². The summed E-state index contributed by atoms with van der Waals surface area (Å²) < 4.78 is 87.5. The van der Waals surface area contributed by atoms with Gasteiger partial charge in [0.25, 0.3) is 10.0 Å². The molecule has 2 heterocycles. The van der Waals surface area contributed by atoms with Gasteiger partial charge in [0, 0.05) is 36.5 Å². The summed E-state index contributed by atoms with van der Waals surface area (Å²) in [5.41, 5.74) is 7.05. The number of rotatable bonds is 9. The van der Waals surface area contributed by atoms with Crippen LogP contribution in [0.2, 0.25) is 0 Å². The first kappa shape index (κ1) is 30.7. The van der Waals surface area contributed by atoms with Gasteiger partial charge in [0.2, 0.25) is 0 Å². The first-order valence-electron chi connectivity index (χ1n) is 14.2. The van der Waals surface area contributed by atoms with Gasteiger partial charge in [-0.3, -0.25) is 9.40 Å². The number of nitrogens with two attached hydrogens (primary N) is 1. The van der Waals surface area contributed by atoms with Crippen LogP contribution in [-0.2, 0) is 10.0 Å². The molecule has 43 heavy (non-hydrogen) atoms. The highest BCUT2D eigenvalue weighted by Crippen LogP contribution is 2.42. The molecule has 1 atom stereocenters. The highest BCUT2D eigenvalue weighted by atomic mass is 32.2. The zero-order valence-corrected chi connectivity index (χ0v) is 24.9. The Balaban J connectivity index is 1.53. The van der Waals surface area contributed by atoms with Gasteiger partial charge in [0.05, 0.1) is 16.6 Å². The molecule has 0 aliphatic heterocycles. The molecule has 13 heteroatoms. The molecule has 1 saturated carbocycles. The van der Waals surface area contributed by atoms with Gasteiger partial charge in [-0.2, -0.15) is 5.10 Å². The lowest BCUT2D eigenvalue weighted by Crippen LogP contribution is -2.36. The van der Waals surface area contributed by atoms with Crippen LogP contribution in [0.25, 0.3) is 22.2 Å². The number of aromatic nitrogens is 3. The fourth-order valence-corrected chi connectivity index (χ4v) is 6.82.